The van der Waals surface area contributed by atoms with Gasteiger partial charge >= 0.3 is 0 Å². The van der Waals surface area contributed by atoms with Crippen molar-refractivity contribution < 1.29 is 4.79 Å². The van der Waals surface area contributed by atoms with Crippen LogP contribution in [0, 0.1) is 0 Å². The van der Waals surface area contributed by atoms with Gasteiger partial charge in [-0.15, -0.1) is 0 Å². The minimum Gasteiger partial charge on any atom is -0.298 e. The Morgan fingerprint density at radius 3 is 2.52 bits per heavy atom. The normalized spacial score (nSPS) is 11.0. The number of Topliss-reactive ketones (excluding diaryl/α,β-unsaturated/α-hetero) is 1. The zero-order valence-electron chi connectivity index (χ0n) is 14.9. The number of benzene rings is 1. The average Bonchev–Trinajstić information content (AvgIpc) is 3.10. The number of nitrogens with zero attached hydrogens (tertiary/aromatic N) is 4. The van der Waals surface area contributed by atoms with Gasteiger partial charge < -0.3 is 0 Å². The molecule has 134 valence electrons. The first kappa shape index (κ1) is 16.9. The quantitative estimate of drug-likeness (QED) is 0.549. The molecule has 4 rings (SSSR count). The first-order valence-electron chi connectivity index (χ1n) is 8.80. The van der Waals surface area contributed by atoms with Crippen molar-refractivity contribution >= 4 is 11.3 Å². The minimum absolute atomic E-state index is 0.0247. The van der Waals surface area contributed by atoms with Gasteiger partial charge in [-0.2, -0.15) is 10.2 Å². The maximum atomic E-state index is 12.1. The van der Waals surface area contributed by atoms with E-state index in [-0.39, 0.29) is 17.9 Å². The van der Waals surface area contributed by atoms with Gasteiger partial charge in [0.1, 0.15) is 12.2 Å². The SMILES string of the molecule is CCC(=O)Cn1nc(-c2c(-c3ccccc3)nn3ccccc23)ccc1=O. The fraction of sp³-hybridized carbons (Fsp3) is 0.143. The summed E-state index contributed by atoms with van der Waals surface area (Å²) in [5, 5.41) is 9.18. The van der Waals surface area contributed by atoms with Gasteiger partial charge in [0.05, 0.1) is 16.8 Å². The molecule has 3 heterocycles. The van der Waals surface area contributed by atoms with Crippen LogP contribution in [0.15, 0.2) is 71.7 Å². The van der Waals surface area contributed by atoms with Crippen LogP contribution in [-0.2, 0) is 11.3 Å². The molecule has 0 bridgehead atoms. The van der Waals surface area contributed by atoms with Crippen LogP contribution in [0.3, 0.4) is 0 Å². The third-order valence-corrected chi connectivity index (χ3v) is 4.43. The Hall–Kier alpha value is -3.54. The molecule has 6 nitrogen and oxygen atoms in total. The highest BCUT2D eigenvalue weighted by Crippen LogP contribution is 2.33. The predicted molar refractivity (Wildman–Crippen MR) is 103 cm³/mol. The summed E-state index contributed by atoms with van der Waals surface area (Å²) in [6.07, 6.45) is 2.24. The zero-order chi connectivity index (χ0) is 18.8. The van der Waals surface area contributed by atoms with Crippen LogP contribution in [0.1, 0.15) is 13.3 Å². The van der Waals surface area contributed by atoms with Crippen molar-refractivity contribution in [3.8, 4) is 22.5 Å². The van der Waals surface area contributed by atoms with Crippen LogP contribution in [0.5, 0.6) is 0 Å². The highest BCUT2D eigenvalue weighted by Gasteiger charge is 2.18. The number of fused-ring (bicyclic) bond motifs is 1. The number of carbonyl (C=O) groups excluding carboxylic acids is 1. The van der Waals surface area contributed by atoms with E-state index < -0.39 is 0 Å². The molecule has 0 N–H and O–H groups in total. The highest BCUT2D eigenvalue weighted by atomic mass is 16.1. The van der Waals surface area contributed by atoms with Crippen LogP contribution in [0.4, 0.5) is 0 Å². The zero-order valence-corrected chi connectivity index (χ0v) is 14.9. The molecule has 0 amide bonds. The van der Waals surface area contributed by atoms with Gasteiger partial charge in [-0.25, -0.2) is 9.20 Å². The van der Waals surface area contributed by atoms with Gasteiger partial charge in [-0.1, -0.05) is 43.3 Å². The maximum absolute atomic E-state index is 12.1. The molecule has 6 heteroatoms. The van der Waals surface area contributed by atoms with E-state index in [0.29, 0.717) is 12.1 Å². The smallest absolute Gasteiger partial charge is 0.267 e. The summed E-state index contributed by atoms with van der Waals surface area (Å²) in [5.41, 5.74) is 3.77. The fourth-order valence-corrected chi connectivity index (χ4v) is 3.02. The Kier molecular flexibility index (Phi) is 4.38. The monoisotopic (exact) mass is 358 g/mol. The number of carbonyl (C=O) groups is 1. The van der Waals surface area contributed by atoms with Gasteiger partial charge in [-0.3, -0.25) is 9.59 Å². The number of rotatable bonds is 5. The van der Waals surface area contributed by atoms with E-state index in [4.69, 9.17) is 5.10 Å². The molecule has 0 saturated heterocycles. The molecule has 0 aliphatic carbocycles. The highest BCUT2D eigenvalue weighted by molar-refractivity contribution is 5.90. The Balaban J connectivity index is 1.95. The van der Waals surface area contributed by atoms with Crippen molar-refractivity contribution in [2.24, 2.45) is 0 Å². The average molecular weight is 358 g/mol. The molecule has 0 aliphatic heterocycles. The van der Waals surface area contributed by atoms with E-state index in [1.54, 1.807) is 17.5 Å². The summed E-state index contributed by atoms with van der Waals surface area (Å²) in [6, 6.07) is 18.8. The number of hydrogen-bond acceptors (Lipinski definition) is 4. The minimum atomic E-state index is -0.293. The van der Waals surface area contributed by atoms with E-state index in [9.17, 15) is 9.59 Å². The molecule has 4 aromatic rings. The van der Waals surface area contributed by atoms with Gasteiger partial charge in [0.25, 0.3) is 5.56 Å². The summed E-state index contributed by atoms with van der Waals surface area (Å²) < 4.78 is 3.02. The van der Waals surface area contributed by atoms with Crippen LogP contribution >= 0.6 is 0 Å². The Morgan fingerprint density at radius 2 is 1.74 bits per heavy atom. The lowest BCUT2D eigenvalue weighted by Crippen LogP contribution is -2.26. The molecule has 0 unspecified atom stereocenters. The molecular formula is C21H18N4O2. The third kappa shape index (κ3) is 3.17. The summed E-state index contributed by atoms with van der Waals surface area (Å²) in [4.78, 5) is 24.0. The van der Waals surface area contributed by atoms with E-state index in [1.807, 2.05) is 54.7 Å². The van der Waals surface area contributed by atoms with Gasteiger partial charge in [0.15, 0.2) is 5.78 Å². The van der Waals surface area contributed by atoms with Crippen molar-refractivity contribution in [1.82, 2.24) is 19.4 Å². The molecular weight excluding hydrogens is 340 g/mol. The van der Waals surface area contributed by atoms with Crippen molar-refractivity contribution in [1.29, 1.82) is 0 Å². The van der Waals surface area contributed by atoms with E-state index in [1.165, 1.54) is 10.7 Å². The number of pyridine rings is 1. The lowest BCUT2D eigenvalue weighted by Gasteiger charge is -2.07. The summed E-state index contributed by atoms with van der Waals surface area (Å²) in [6.45, 7) is 1.75. The lowest BCUT2D eigenvalue weighted by atomic mass is 10.0. The first-order chi connectivity index (χ1) is 13.2. The Labute approximate surface area is 155 Å². The molecule has 1 aromatic carbocycles. The van der Waals surface area contributed by atoms with Gasteiger partial charge in [0.2, 0.25) is 0 Å². The molecule has 3 aromatic heterocycles. The summed E-state index contributed by atoms with van der Waals surface area (Å²) in [5.74, 6) is -0.0371. The second-order valence-corrected chi connectivity index (χ2v) is 6.23. The van der Waals surface area contributed by atoms with Gasteiger partial charge in [0, 0.05) is 24.2 Å². The van der Waals surface area contributed by atoms with E-state index in [2.05, 4.69) is 5.10 Å². The largest absolute Gasteiger partial charge is 0.298 e. The molecule has 27 heavy (non-hydrogen) atoms. The molecule has 0 atom stereocenters. The number of aromatic nitrogens is 4. The van der Waals surface area contributed by atoms with E-state index >= 15 is 0 Å². The number of hydrogen-bond donors (Lipinski definition) is 0. The van der Waals surface area contributed by atoms with Crippen LogP contribution < -0.4 is 5.56 Å². The topological polar surface area (TPSA) is 69.3 Å². The summed E-state index contributed by atoms with van der Waals surface area (Å²) in [7, 11) is 0. The Morgan fingerprint density at radius 1 is 0.963 bits per heavy atom. The van der Waals surface area contributed by atoms with Crippen molar-refractivity contribution in [2.75, 3.05) is 0 Å². The number of ketones is 1. The standard InChI is InChI=1S/C21H18N4O2/c1-2-16(26)14-25-19(27)12-11-17(22-25)20-18-10-6-7-13-24(18)23-21(20)15-8-4-3-5-9-15/h3-13H,2,14H2,1H3. The molecule has 0 aliphatic rings. The summed E-state index contributed by atoms with van der Waals surface area (Å²) >= 11 is 0. The third-order valence-electron chi connectivity index (χ3n) is 4.43. The second-order valence-electron chi connectivity index (χ2n) is 6.23. The molecule has 0 saturated carbocycles. The Bertz CT molecular complexity index is 1180. The molecule has 0 spiro atoms. The van der Waals surface area contributed by atoms with E-state index in [0.717, 1.165) is 22.3 Å². The molecule has 0 radical (unpaired) electrons. The van der Waals surface area contributed by atoms with Crippen molar-refractivity contribution in [3.63, 3.8) is 0 Å². The van der Waals surface area contributed by atoms with Crippen LogP contribution in [0.2, 0.25) is 0 Å². The van der Waals surface area contributed by atoms with Crippen molar-refractivity contribution in [2.45, 2.75) is 19.9 Å². The second kappa shape index (κ2) is 6.99. The van der Waals surface area contributed by atoms with Crippen LogP contribution in [-0.4, -0.2) is 25.2 Å². The van der Waals surface area contributed by atoms with Crippen molar-refractivity contribution in [3.05, 3.63) is 77.2 Å². The lowest BCUT2D eigenvalue weighted by molar-refractivity contribution is -0.119. The fourth-order valence-electron chi connectivity index (χ4n) is 3.02. The maximum Gasteiger partial charge on any atom is 0.267 e. The first-order valence-corrected chi connectivity index (χ1v) is 8.80. The van der Waals surface area contributed by atoms with Crippen LogP contribution in [0.25, 0.3) is 28.0 Å². The molecule has 0 fully saturated rings. The predicted octanol–water partition coefficient (Wildman–Crippen LogP) is 3.20. The van der Waals surface area contributed by atoms with Gasteiger partial charge in [-0.05, 0) is 18.2 Å².